The molecule has 0 bridgehead atoms. The Morgan fingerprint density at radius 1 is 1.05 bits per heavy atom. The lowest BCUT2D eigenvalue weighted by molar-refractivity contribution is -0.384. The SMILES string of the molecule is CCCCN(Cc1cccn1Cc1cccc(C)c1)C(=O)CN(C(=O)c1cccc([N+](=O)[O-])c1)C(C)CC. The summed E-state index contributed by atoms with van der Waals surface area (Å²) in [6, 6.07) is 17.9. The molecule has 3 aromatic rings. The zero-order valence-electron chi connectivity index (χ0n) is 22.8. The van der Waals surface area contributed by atoms with Crippen LogP contribution in [0.5, 0.6) is 0 Å². The maximum absolute atomic E-state index is 13.6. The largest absolute Gasteiger partial charge is 0.345 e. The van der Waals surface area contributed by atoms with Gasteiger partial charge in [0.15, 0.2) is 0 Å². The molecule has 8 heteroatoms. The molecule has 2 aromatic carbocycles. The smallest absolute Gasteiger partial charge is 0.270 e. The molecule has 1 aromatic heterocycles. The van der Waals surface area contributed by atoms with E-state index in [1.54, 1.807) is 6.07 Å². The molecule has 2 amide bonds. The molecule has 0 fully saturated rings. The van der Waals surface area contributed by atoms with Gasteiger partial charge in [0, 0.05) is 48.7 Å². The minimum absolute atomic E-state index is 0.0845. The minimum Gasteiger partial charge on any atom is -0.345 e. The van der Waals surface area contributed by atoms with Crippen molar-refractivity contribution in [3.05, 3.63) is 99.4 Å². The second-order valence-corrected chi connectivity index (χ2v) is 9.78. The molecule has 1 heterocycles. The quantitative estimate of drug-likeness (QED) is 0.211. The van der Waals surface area contributed by atoms with Crippen LogP contribution in [0.25, 0.3) is 0 Å². The summed E-state index contributed by atoms with van der Waals surface area (Å²) in [5.41, 5.74) is 3.48. The fraction of sp³-hybridized carbons (Fsp3) is 0.400. The summed E-state index contributed by atoms with van der Waals surface area (Å²) >= 11 is 0. The van der Waals surface area contributed by atoms with E-state index in [0.29, 0.717) is 26.1 Å². The predicted octanol–water partition coefficient (Wildman–Crippen LogP) is 5.82. The van der Waals surface area contributed by atoms with Crippen molar-refractivity contribution in [2.75, 3.05) is 13.1 Å². The highest BCUT2D eigenvalue weighted by atomic mass is 16.6. The molecule has 0 saturated carbocycles. The number of carbonyl (C=O) groups is 2. The number of aryl methyl sites for hydroxylation is 1. The second kappa shape index (κ2) is 13.6. The van der Waals surface area contributed by atoms with Gasteiger partial charge in [0.1, 0.15) is 6.54 Å². The summed E-state index contributed by atoms with van der Waals surface area (Å²) in [5.74, 6) is -0.518. The van der Waals surface area contributed by atoms with E-state index < -0.39 is 4.92 Å². The van der Waals surface area contributed by atoms with E-state index in [-0.39, 0.29) is 35.7 Å². The number of rotatable bonds is 13. The van der Waals surface area contributed by atoms with Gasteiger partial charge < -0.3 is 14.4 Å². The number of carbonyl (C=O) groups excluding carboxylic acids is 2. The van der Waals surface area contributed by atoms with Gasteiger partial charge in [-0.1, -0.05) is 56.2 Å². The summed E-state index contributed by atoms with van der Waals surface area (Å²) in [6.45, 7) is 9.66. The maximum Gasteiger partial charge on any atom is 0.270 e. The van der Waals surface area contributed by atoms with Crippen molar-refractivity contribution >= 4 is 17.5 Å². The van der Waals surface area contributed by atoms with E-state index in [2.05, 4.69) is 36.6 Å². The second-order valence-electron chi connectivity index (χ2n) is 9.78. The third-order valence-electron chi connectivity index (χ3n) is 6.84. The highest BCUT2D eigenvalue weighted by molar-refractivity contribution is 5.97. The van der Waals surface area contributed by atoms with Crippen LogP contribution < -0.4 is 0 Å². The average Bonchev–Trinajstić information content (AvgIpc) is 3.34. The molecule has 1 atom stereocenters. The van der Waals surface area contributed by atoms with Crippen LogP contribution in [0.1, 0.15) is 67.2 Å². The van der Waals surface area contributed by atoms with Gasteiger partial charge in [0.2, 0.25) is 5.91 Å². The Morgan fingerprint density at radius 2 is 1.82 bits per heavy atom. The van der Waals surface area contributed by atoms with Crippen LogP contribution in [0.3, 0.4) is 0 Å². The topological polar surface area (TPSA) is 88.7 Å². The summed E-state index contributed by atoms with van der Waals surface area (Å²) in [5, 5.41) is 11.2. The minimum atomic E-state index is -0.520. The van der Waals surface area contributed by atoms with Crippen LogP contribution in [0, 0.1) is 17.0 Å². The average molecular weight is 519 g/mol. The number of nitrogens with zero attached hydrogens (tertiary/aromatic N) is 4. The molecule has 3 rings (SSSR count). The van der Waals surface area contributed by atoms with Crippen molar-refractivity contribution in [1.82, 2.24) is 14.4 Å². The Balaban J connectivity index is 1.81. The summed E-state index contributed by atoms with van der Waals surface area (Å²) in [4.78, 5) is 41.1. The van der Waals surface area contributed by atoms with Crippen molar-refractivity contribution in [3.8, 4) is 0 Å². The molecule has 0 N–H and O–H groups in total. The number of non-ortho nitro benzene ring substituents is 1. The molecular formula is C30H38N4O4. The van der Waals surface area contributed by atoms with Crippen LogP contribution in [0.2, 0.25) is 0 Å². The van der Waals surface area contributed by atoms with Crippen molar-refractivity contribution in [2.24, 2.45) is 0 Å². The fourth-order valence-electron chi connectivity index (χ4n) is 4.40. The molecule has 0 spiro atoms. The van der Waals surface area contributed by atoms with Gasteiger partial charge >= 0.3 is 0 Å². The first kappa shape index (κ1) is 28.6. The van der Waals surface area contributed by atoms with Gasteiger partial charge in [-0.2, -0.15) is 0 Å². The van der Waals surface area contributed by atoms with Gasteiger partial charge in [0.05, 0.1) is 11.5 Å². The van der Waals surface area contributed by atoms with Crippen molar-refractivity contribution in [2.45, 2.75) is 66.1 Å². The normalized spacial score (nSPS) is 11.7. The van der Waals surface area contributed by atoms with Gasteiger partial charge in [0.25, 0.3) is 11.6 Å². The highest BCUT2D eigenvalue weighted by Gasteiger charge is 2.27. The summed E-state index contributed by atoms with van der Waals surface area (Å²) < 4.78 is 2.15. The Morgan fingerprint density at radius 3 is 2.50 bits per heavy atom. The van der Waals surface area contributed by atoms with Crippen molar-refractivity contribution in [1.29, 1.82) is 0 Å². The lowest BCUT2D eigenvalue weighted by Crippen LogP contribution is -2.46. The fourth-order valence-corrected chi connectivity index (χ4v) is 4.40. The molecular weight excluding hydrogens is 480 g/mol. The van der Waals surface area contributed by atoms with E-state index in [1.807, 2.05) is 43.1 Å². The van der Waals surface area contributed by atoms with Crippen molar-refractivity contribution in [3.63, 3.8) is 0 Å². The van der Waals surface area contributed by atoms with Crippen LogP contribution in [-0.4, -0.2) is 50.2 Å². The van der Waals surface area contributed by atoms with Gasteiger partial charge in [-0.3, -0.25) is 19.7 Å². The van der Waals surface area contributed by atoms with E-state index in [0.717, 1.165) is 18.5 Å². The first-order valence-electron chi connectivity index (χ1n) is 13.3. The Hall–Kier alpha value is -3.94. The number of nitro benzene ring substituents is 1. The Labute approximate surface area is 225 Å². The number of hydrogen-bond acceptors (Lipinski definition) is 4. The molecule has 0 aliphatic rings. The summed E-state index contributed by atoms with van der Waals surface area (Å²) in [7, 11) is 0. The van der Waals surface area contributed by atoms with E-state index in [4.69, 9.17) is 0 Å². The number of aromatic nitrogens is 1. The van der Waals surface area contributed by atoms with Gasteiger partial charge in [-0.15, -0.1) is 0 Å². The molecule has 202 valence electrons. The number of unbranched alkanes of at least 4 members (excludes halogenated alkanes) is 1. The Kier molecular flexibility index (Phi) is 10.2. The number of nitro groups is 1. The number of benzene rings is 2. The monoisotopic (exact) mass is 518 g/mol. The van der Waals surface area contributed by atoms with Crippen molar-refractivity contribution < 1.29 is 14.5 Å². The Bertz CT molecular complexity index is 1250. The zero-order chi connectivity index (χ0) is 27.7. The van der Waals surface area contributed by atoms with Crippen LogP contribution in [-0.2, 0) is 17.9 Å². The van der Waals surface area contributed by atoms with Crippen LogP contribution in [0.15, 0.2) is 66.9 Å². The van der Waals surface area contributed by atoms with Crippen LogP contribution >= 0.6 is 0 Å². The first-order valence-corrected chi connectivity index (χ1v) is 13.3. The first-order chi connectivity index (χ1) is 18.2. The summed E-state index contributed by atoms with van der Waals surface area (Å²) in [6.07, 6.45) is 4.47. The molecule has 38 heavy (non-hydrogen) atoms. The molecule has 0 aliphatic heterocycles. The maximum atomic E-state index is 13.6. The van der Waals surface area contributed by atoms with Crippen LogP contribution in [0.4, 0.5) is 5.69 Å². The lowest BCUT2D eigenvalue weighted by Gasteiger charge is -2.31. The third kappa shape index (κ3) is 7.54. The van der Waals surface area contributed by atoms with Gasteiger partial charge in [-0.25, -0.2) is 0 Å². The van der Waals surface area contributed by atoms with E-state index in [9.17, 15) is 19.7 Å². The van der Waals surface area contributed by atoms with E-state index in [1.165, 1.54) is 34.2 Å². The predicted molar refractivity (Wildman–Crippen MR) is 149 cm³/mol. The lowest BCUT2D eigenvalue weighted by atomic mass is 10.1. The van der Waals surface area contributed by atoms with Gasteiger partial charge in [-0.05, 0) is 50.5 Å². The molecule has 0 radical (unpaired) electrons. The number of hydrogen-bond donors (Lipinski definition) is 0. The molecule has 8 nitrogen and oxygen atoms in total. The molecule has 0 aliphatic carbocycles. The molecule has 0 saturated heterocycles. The third-order valence-corrected chi connectivity index (χ3v) is 6.84. The highest BCUT2D eigenvalue weighted by Crippen LogP contribution is 2.18. The standard InChI is InChI=1S/C30H38N4O4/c1-5-7-16-32(21-28-15-10-17-31(28)20-25-12-8-11-23(3)18-25)29(35)22-33(24(4)6-2)30(36)26-13-9-14-27(19-26)34(37)38/h8-15,17-19,24H,5-7,16,20-22H2,1-4H3. The zero-order valence-corrected chi connectivity index (χ0v) is 22.8. The van der Waals surface area contributed by atoms with E-state index >= 15 is 0 Å². The number of amides is 2. The molecule has 1 unspecified atom stereocenters.